The first-order valence-corrected chi connectivity index (χ1v) is 16.6. The van der Waals surface area contributed by atoms with Crippen molar-refractivity contribution < 1.29 is 27.9 Å². The average Bonchev–Trinajstić information content (AvgIpc) is 2.88. The second-order valence-corrected chi connectivity index (χ2v) is 16.2. The van der Waals surface area contributed by atoms with Crippen LogP contribution in [0, 0.1) is 6.92 Å². The fraction of sp³-hybridized carbons (Fsp3) is 0.469. The molecule has 42 heavy (non-hydrogen) atoms. The molecule has 0 aromatic heterocycles. The van der Waals surface area contributed by atoms with Crippen molar-refractivity contribution in [1.29, 1.82) is 0 Å². The van der Waals surface area contributed by atoms with E-state index >= 15 is 0 Å². The molecule has 10 heteroatoms. The molecule has 2 heterocycles. The van der Waals surface area contributed by atoms with Gasteiger partial charge in [-0.05, 0) is 60.1 Å². The average molecular weight is 613 g/mol. The molecular formula is C32H40N2O6S2. The molecule has 2 aliphatic rings. The first-order chi connectivity index (χ1) is 19.4. The minimum atomic E-state index is -3.62. The van der Waals surface area contributed by atoms with Crippen LogP contribution in [0.4, 0.5) is 0 Å². The molecule has 0 saturated carbocycles. The summed E-state index contributed by atoms with van der Waals surface area (Å²) in [5, 5.41) is 10.6. The van der Waals surface area contributed by atoms with Crippen LogP contribution in [0.15, 0.2) is 57.6 Å². The number of phenolic OH excluding ortho intramolecular Hbond substituents is 1. The number of β-lactam (4-membered cyclic amide) rings is 1. The van der Waals surface area contributed by atoms with E-state index in [-0.39, 0.29) is 50.8 Å². The largest absolute Gasteiger partial charge is 0.507 e. The number of aromatic hydroxyl groups is 1. The number of aryl methyl sites for hydroxylation is 1. The number of esters is 1. The van der Waals surface area contributed by atoms with Gasteiger partial charge >= 0.3 is 5.97 Å². The zero-order chi connectivity index (χ0) is 31.2. The van der Waals surface area contributed by atoms with E-state index in [1.54, 1.807) is 25.3 Å². The van der Waals surface area contributed by atoms with E-state index in [4.69, 9.17) is 4.74 Å². The molecule has 1 N–H and O–H groups in total. The van der Waals surface area contributed by atoms with E-state index < -0.39 is 21.8 Å². The number of ether oxygens (including phenoxy) is 1. The third kappa shape index (κ3) is 6.44. The first-order valence-electron chi connectivity index (χ1n) is 13.9. The van der Waals surface area contributed by atoms with Gasteiger partial charge in [0.05, 0.1) is 10.6 Å². The monoisotopic (exact) mass is 612 g/mol. The van der Waals surface area contributed by atoms with Crippen LogP contribution in [0.3, 0.4) is 0 Å². The minimum Gasteiger partial charge on any atom is -0.507 e. The topological polar surface area (TPSA) is 113 Å². The molecule has 0 aliphatic carbocycles. The molecule has 1 saturated heterocycles. The van der Waals surface area contributed by atoms with Gasteiger partial charge in [0.1, 0.15) is 23.4 Å². The van der Waals surface area contributed by atoms with Crippen molar-refractivity contribution in [2.75, 3.05) is 18.1 Å². The lowest BCUT2D eigenvalue weighted by Gasteiger charge is -2.47. The SMILES string of the molecule is CC1=C(C(=O)OCCS(=O)(=O)c2ccc(C)cc2)N2C(=O)[C@@H](N=Cc3cc(C(C)(C)C)c(O)c(C(C)(C)C)c3)[C@@H]2SC1. The summed E-state index contributed by atoms with van der Waals surface area (Å²) in [5.41, 5.74) is 3.60. The van der Waals surface area contributed by atoms with E-state index in [9.17, 15) is 23.1 Å². The van der Waals surface area contributed by atoms with Crippen LogP contribution in [-0.2, 0) is 35.0 Å². The normalized spacial score (nSPS) is 19.6. The molecule has 1 fully saturated rings. The predicted octanol–water partition coefficient (Wildman–Crippen LogP) is 5.29. The Labute approximate surface area is 253 Å². The molecule has 1 amide bonds. The standard InChI is InChI=1S/C32H40N2O6S2/c1-19-9-11-22(12-10-19)42(38,39)14-13-40-30(37)26-20(2)18-41-29-25(28(36)34(26)29)33-17-21-15-23(31(3,4)5)27(35)24(16-21)32(6,7)8/h9-12,15-17,25,29,35H,13-14,18H2,1-8H3/t25-,29+/m1/s1. The number of benzene rings is 2. The van der Waals surface area contributed by atoms with Crippen molar-refractivity contribution in [3.63, 3.8) is 0 Å². The Bertz CT molecular complexity index is 1530. The summed E-state index contributed by atoms with van der Waals surface area (Å²) in [4.78, 5) is 32.5. The number of rotatable bonds is 7. The molecule has 226 valence electrons. The Balaban J connectivity index is 1.48. The molecule has 0 bridgehead atoms. The molecular weight excluding hydrogens is 572 g/mol. The zero-order valence-electron chi connectivity index (χ0n) is 25.5. The molecule has 2 aromatic carbocycles. The van der Waals surface area contributed by atoms with Gasteiger partial charge in [-0.1, -0.05) is 59.2 Å². The fourth-order valence-electron chi connectivity index (χ4n) is 4.96. The lowest BCUT2D eigenvalue weighted by atomic mass is 9.78. The van der Waals surface area contributed by atoms with E-state index in [1.165, 1.54) is 28.8 Å². The van der Waals surface area contributed by atoms with Gasteiger partial charge in [-0.15, -0.1) is 11.8 Å². The number of sulfone groups is 1. The highest BCUT2D eigenvalue weighted by atomic mass is 32.2. The summed E-state index contributed by atoms with van der Waals surface area (Å²) in [6.45, 7) is 15.5. The minimum absolute atomic E-state index is 0.164. The number of nitrogens with zero attached hydrogens (tertiary/aromatic N) is 2. The summed E-state index contributed by atoms with van der Waals surface area (Å²) >= 11 is 1.52. The highest BCUT2D eigenvalue weighted by Crippen LogP contribution is 2.43. The number of thioether (sulfide) groups is 1. The summed E-state index contributed by atoms with van der Waals surface area (Å²) in [7, 11) is -3.62. The maximum absolute atomic E-state index is 13.3. The Kier molecular flexibility index (Phi) is 8.73. The van der Waals surface area contributed by atoms with Crippen LogP contribution in [0.5, 0.6) is 5.75 Å². The van der Waals surface area contributed by atoms with Gasteiger partial charge in [-0.3, -0.25) is 14.7 Å². The van der Waals surface area contributed by atoms with Crippen molar-refractivity contribution >= 4 is 39.7 Å². The van der Waals surface area contributed by atoms with E-state index in [0.29, 0.717) is 11.3 Å². The zero-order valence-corrected chi connectivity index (χ0v) is 27.1. The summed E-state index contributed by atoms with van der Waals surface area (Å²) < 4.78 is 30.7. The van der Waals surface area contributed by atoms with Crippen molar-refractivity contribution in [3.8, 4) is 5.75 Å². The van der Waals surface area contributed by atoms with Crippen LogP contribution in [0.1, 0.15) is 70.7 Å². The molecule has 0 spiro atoms. The van der Waals surface area contributed by atoms with E-state index in [2.05, 4.69) is 4.99 Å². The number of amides is 1. The molecule has 8 nitrogen and oxygen atoms in total. The Hall–Kier alpha value is -3.11. The fourth-order valence-corrected chi connectivity index (χ4v) is 7.34. The number of hydrogen-bond acceptors (Lipinski definition) is 8. The summed E-state index contributed by atoms with van der Waals surface area (Å²) in [5.74, 6) is -0.582. The van der Waals surface area contributed by atoms with E-state index in [0.717, 1.165) is 22.3 Å². The van der Waals surface area contributed by atoms with Gasteiger partial charge in [0.15, 0.2) is 15.9 Å². The summed E-state index contributed by atoms with van der Waals surface area (Å²) in [6, 6.07) is 9.64. The molecule has 2 aromatic rings. The highest BCUT2D eigenvalue weighted by molar-refractivity contribution is 8.00. The number of fused-ring (bicyclic) bond motifs is 1. The van der Waals surface area contributed by atoms with Crippen molar-refractivity contribution in [2.24, 2.45) is 4.99 Å². The first kappa shape index (κ1) is 31.8. The van der Waals surface area contributed by atoms with Gasteiger partial charge in [0.25, 0.3) is 5.91 Å². The van der Waals surface area contributed by atoms with Crippen molar-refractivity contribution in [1.82, 2.24) is 4.90 Å². The maximum atomic E-state index is 13.3. The Morgan fingerprint density at radius 1 is 1.07 bits per heavy atom. The second-order valence-electron chi connectivity index (χ2n) is 13.0. The molecule has 0 radical (unpaired) electrons. The van der Waals surface area contributed by atoms with Gasteiger partial charge in [-0.2, -0.15) is 0 Å². The van der Waals surface area contributed by atoms with Crippen LogP contribution in [0.25, 0.3) is 0 Å². The van der Waals surface area contributed by atoms with Crippen LogP contribution >= 0.6 is 11.8 Å². The quantitative estimate of drug-likeness (QED) is 0.257. The second kappa shape index (κ2) is 11.5. The van der Waals surface area contributed by atoms with E-state index in [1.807, 2.05) is 60.6 Å². The van der Waals surface area contributed by atoms with Crippen molar-refractivity contribution in [3.05, 3.63) is 69.9 Å². The number of carbonyl (C=O) groups is 2. The van der Waals surface area contributed by atoms with Gasteiger partial charge in [0, 0.05) is 23.1 Å². The highest BCUT2D eigenvalue weighted by Gasteiger charge is 2.53. The van der Waals surface area contributed by atoms with Crippen LogP contribution in [-0.4, -0.2) is 66.0 Å². The maximum Gasteiger partial charge on any atom is 0.355 e. The molecule has 2 atom stereocenters. The Morgan fingerprint density at radius 2 is 1.64 bits per heavy atom. The summed E-state index contributed by atoms with van der Waals surface area (Å²) in [6.07, 6.45) is 1.67. The number of hydrogen-bond donors (Lipinski definition) is 1. The molecule has 0 unspecified atom stereocenters. The Morgan fingerprint density at radius 3 is 2.19 bits per heavy atom. The third-order valence-corrected chi connectivity index (χ3v) is 10.5. The number of carbonyl (C=O) groups excluding carboxylic acids is 2. The molecule has 2 aliphatic heterocycles. The predicted molar refractivity (Wildman–Crippen MR) is 167 cm³/mol. The third-order valence-electron chi connectivity index (χ3n) is 7.42. The van der Waals surface area contributed by atoms with Gasteiger partial charge < -0.3 is 9.84 Å². The molecule has 4 rings (SSSR count). The number of aliphatic imine (C=N–C) groups is 1. The lowest BCUT2D eigenvalue weighted by molar-refractivity contribution is -0.150. The van der Waals surface area contributed by atoms with Crippen LogP contribution < -0.4 is 0 Å². The van der Waals surface area contributed by atoms with Gasteiger partial charge in [0.2, 0.25) is 0 Å². The lowest BCUT2D eigenvalue weighted by Crippen LogP contribution is -2.64. The van der Waals surface area contributed by atoms with Crippen molar-refractivity contribution in [2.45, 2.75) is 82.5 Å². The van der Waals surface area contributed by atoms with Crippen LogP contribution in [0.2, 0.25) is 0 Å². The number of phenols is 1. The van der Waals surface area contributed by atoms with Gasteiger partial charge in [-0.25, -0.2) is 13.2 Å². The smallest absolute Gasteiger partial charge is 0.355 e.